The molecular formula is C14H24N4O2. The molecule has 1 aliphatic rings. The molecule has 1 aromatic rings. The Morgan fingerprint density at radius 1 is 1.40 bits per heavy atom. The smallest absolute Gasteiger partial charge is 0.158 e. The third kappa shape index (κ3) is 3.80. The molecule has 20 heavy (non-hydrogen) atoms. The largest absolute Gasteiger partial charge is 0.380 e. The number of hydrogen-bond acceptors (Lipinski definition) is 6. The fourth-order valence-corrected chi connectivity index (χ4v) is 2.31. The van der Waals surface area contributed by atoms with Crippen molar-refractivity contribution in [3.8, 4) is 0 Å². The summed E-state index contributed by atoms with van der Waals surface area (Å²) in [6.45, 7) is 5.32. The highest BCUT2D eigenvalue weighted by Gasteiger charge is 2.23. The van der Waals surface area contributed by atoms with E-state index in [1.807, 2.05) is 6.07 Å². The lowest BCUT2D eigenvalue weighted by molar-refractivity contribution is 0.121. The van der Waals surface area contributed by atoms with E-state index in [1.165, 1.54) is 0 Å². The molecule has 0 bridgehead atoms. The molecule has 6 heteroatoms. The van der Waals surface area contributed by atoms with Crippen molar-refractivity contribution in [3.05, 3.63) is 11.9 Å². The molecule has 1 saturated heterocycles. The van der Waals surface area contributed by atoms with Crippen molar-refractivity contribution >= 4 is 11.6 Å². The Morgan fingerprint density at radius 2 is 2.25 bits per heavy atom. The van der Waals surface area contributed by atoms with Crippen molar-refractivity contribution in [2.45, 2.75) is 32.5 Å². The average molecular weight is 280 g/mol. The van der Waals surface area contributed by atoms with Gasteiger partial charge in [0.2, 0.25) is 0 Å². The SMILES string of the molecule is CCCNc1cc(N2CCC(OC)C2)nc(COC)n1. The van der Waals surface area contributed by atoms with Gasteiger partial charge in [0.1, 0.15) is 18.2 Å². The highest BCUT2D eigenvalue weighted by molar-refractivity contribution is 5.50. The minimum absolute atomic E-state index is 0.294. The second-order valence-electron chi connectivity index (χ2n) is 4.98. The first-order valence-corrected chi connectivity index (χ1v) is 7.15. The van der Waals surface area contributed by atoms with Gasteiger partial charge >= 0.3 is 0 Å². The predicted octanol–water partition coefficient (Wildman–Crippen LogP) is 1.67. The van der Waals surface area contributed by atoms with Crippen molar-refractivity contribution in [1.82, 2.24) is 9.97 Å². The molecule has 0 radical (unpaired) electrons. The number of rotatable bonds is 7. The quantitative estimate of drug-likeness (QED) is 0.820. The van der Waals surface area contributed by atoms with Gasteiger partial charge in [0.05, 0.1) is 6.10 Å². The Balaban J connectivity index is 2.15. The first kappa shape index (κ1) is 15.0. The van der Waals surface area contributed by atoms with Crippen LogP contribution in [0.15, 0.2) is 6.07 Å². The van der Waals surface area contributed by atoms with Crippen LogP contribution in [0.5, 0.6) is 0 Å². The van der Waals surface area contributed by atoms with Crippen LogP contribution in [0, 0.1) is 0 Å². The summed E-state index contributed by atoms with van der Waals surface area (Å²) in [7, 11) is 3.42. The molecule has 0 amide bonds. The van der Waals surface area contributed by atoms with E-state index in [2.05, 4.69) is 27.1 Å². The van der Waals surface area contributed by atoms with Gasteiger partial charge in [0.15, 0.2) is 5.82 Å². The molecule has 0 aromatic carbocycles. The van der Waals surface area contributed by atoms with Crippen molar-refractivity contribution in [3.63, 3.8) is 0 Å². The molecule has 112 valence electrons. The van der Waals surface area contributed by atoms with Crippen LogP contribution in [-0.4, -0.2) is 49.9 Å². The van der Waals surface area contributed by atoms with Crippen molar-refractivity contribution < 1.29 is 9.47 Å². The van der Waals surface area contributed by atoms with Gasteiger partial charge in [0.25, 0.3) is 0 Å². The van der Waals surface area contributed by atoms with Gasteiger partial charge in [0, 0.05) is 39.9 Å². The second-order valence-corrected chi connectivity index (χ2v) is 4.98. The van der Waals surface area contributed by atoms with Crippen LogP contribution in [0.1, 0.15) is 25.6 Å². The number of nitrogens with zero attached hydrogens (tertiary/aromatic N) is 3. The highest BCUT2D eigenvalue weighted by atomic mass is 16.5. The summed E-state index contributed by atoms with van der Waals surface area (Å²) >= 11 is 0. The standard InChI is InChI=1S/C14H24N4O2/c1-4-6-15-12-8-14(17-13(16-12)10-19-2)18-7-5-11(9-18)20-3/h8,11H,4-7,9-10H2,1-3H3,(H,15,16,17). The maximum absolute atomic E-state index is 5.41. The lowest BCUT2D eigenvalue weighted by atomic mass is 10.3. The third-order valence-electron chi connectivity index (χ3n) is 3.39. The number of nitrogens with one attached hydrogen (secondary N) is 1. The van der Waals surface area contributed by atoms with E-state index in [-0.39, 0.29) is 0 Å². The van der Waals surface area contributed by atoms with E-state index < -0.39 is 0 Å². The zero-order valence-corrected chi connectivity index (χ0v) is 12.6. The lowest BCUT2D eigenvalue weighted by Crippen LogP contribution is -2.24. The number of ether oxygens (including phenoxy) is 2. The molecule has 1 aromatic heterocycles. The molecule has 1 fully saturated rings. The second kappa shape index (κ2) is 7.40. The maximum Gasteiger partial charge on any atom is 0.158 e. The molecule has 1 N–H and O–H groups in total. The molecule has 2 rings (SSSR count). The van der Waals surface area contributed by atoms with E-state index in [4.69, 9.17) is 9.47 Å². The number of anilines is 2. The summed E-state index contributed by atoms with van der Waals surface area (Å²) in [5.41, 5.74) is 0. The Morgan fingerprint density at radius 3 is 2.90 bits per heavy atom. The van der Waals surface area contributed by atoms with Crippen LogP contribution in [-0.2, 0) is 16.1 Å². The van der Waals surface area contributed by atoms with E-state index in [9.17, 15) is 0 Å². The topological polar surface area (TPSA) is 59.5 Å². The van der Waals surface area contributed by atoms with E-state index in [0.29, 0.717) is 18.5 Å². The van der Waals surface area contributed by atoms with Gasteiger partial charge in [-0.15, -0.1) is 0 Å². The summed E-state index contributed by atoms with van der Waals surface area (Å²) in [6.07, 6.45) is 2.40. The monoisotopic (exact) mass is 280 g/mol. The van der Waals surface area contributed by atoms with Crippen LogP contribution in [0.3, 0.4) is 0 Å². The maximum atomic E-state index is 5.41. The van der Waals surface area contributed by atoms with Gasteiger partial charge in [-0.3, -0.25) is 0 Å². The minimum atomic E-state index is 0.294. The van der Waals surface area contributed by atoms with Crippen LogP contribution < -0.4 is 10.2 Å². The van der Waals surface area contributed by atoms with Crippen molar-refractivity contribution in [2.75, 3.05) is 44.1 Å². The molecule has 0 aliphatic carbocycles. The normalized spacial score (nSPS) is 18.6. The summed E-state index contributed by atoms with van der Waals surface area (Å²) in [4.78, 5) is 11.3. The predicted molar refractivity (Wildman–Crippen MR) is 79.2 cm³/mol. The molecule has 6 nitrogen and oxygen atoms in total. The zero-order valence-electron chi connectivity index (χ0n) is 12.6. The van der Waals surface area contributed by atoms with Gasteiger partial charge in [-0.2, -0.15) is 0 Å². The lowest BCUT2D eigenvalue weighted by Gasteiger charge is -2.19. The van der Waals surface area contributed by atoms with Crippen LogP contribution in [0.2, 0.25) is 0 Å². The van der Waals surface area contributed by atoms with Gasteiger partial charge < -0.3 is 19.7 Å². The van der Waals surface area contributed by atoms with E-state index >= 15 is 0 Å². The van der Waals surface area contributed by atoms with E-state index in [0.717, 1.165) is 44.1 Å². The number of methoxy groups -OCH3 is 2. The van der Waals surface area contributed by atoms with E-state index in [1.54, 1.807) is 14.2 Å². The summed E-state index contributed by atoms with van der Waals surface area (Å²) in [5.74, 6) is 2.53. The number of aromatic nitrogens is 2. The van der Waals surface area contributed by atoms with Crippen molar-refractivity contribution in [2.24, 2.45) is 0 Å². The summed E-state index contributed by atoms with van der Waals surface area (Å²) in [6, 6.07) is 2.01. The zero-order chi connectivity index (χ0) is 14.4. The average Bonchev–Trinajstić information content (AvgIpc) is 2.94. The Bertz CT molecular complexity index is 428. The third-order valence-corrected chi connectivity index (χ3v) is 3.39. The molecule has 0 saturated carbocycles. The van der Waals surface area contributed by atoms with Crippen molar-refractivity contribution in [1.29, 1.82) is 0 Å². The molecule has 0 spiro atoms. The summed E-state index contributed by atoms with van der Waals surface area (Å²) in [5, 5.41) is 3.32. The molecule has 2 heterocycles. The van der Waals surface area contributed by atoms with Gasteiger partial charge in [-0.05, 0) is 12.8 Å². The van der Waals surface area contributed by atoms with Crippen LogP contribution in [0.25, 0.3) is 0 Å². The van der Waals surface area contributed by atoms with Gasteiger partial charge in [-0.1, -0.05) is 6.92 Å². The Hall–Kier alpha value is -1.40. The minimum Gasteiger partial charge on any atom is -0.380 e. The Labute approximate surface area is 120 Å². The highest BCUT2D eigenvalue weighted by Crippen LogP contribution is 2.22. The number of hydrogen-bond donors (Lipinski definition) is 1. The van der Waals surface area contributed by atoms with Crippen LogP contribution in [0.4, 0.5) is 11.6 Å². The molecule has 1 unspecified atom stereocenters. The first-order valence-electron chi connectivity index (χ1n) is 7.15. The summed E-state index contributed by atoms with van der Waals surface area (Å²) < 4.78 is 10.6. The molecule has 1 atom stereocenters. The fraction of sp³-hybridized carbons (Fsp3) is 0.714. The fourth-order valence-electron chi connectivity index (χ4n) is 2.31. The Kier molecular flexibility index (Phi) is 5.55. The van der Waals surface area contributed by atoms with Gasteiger partial charge in [-0.25, -0.2) is 9.97 Å². The molecular weight excluding hydrogens is 256 g/mol. The first-order chi connectivity index (χ1) is 9.76. The van der Waals surface area contributed by atoms with Crippen LogP contribution >= 0.6 is 0 Å². The molecule has 1 aliphatic heterocycles.